The Balaban J connectivity index is 3.28. The first kappa shape index (κ1) is 17.6. The fourth-order valence-corrected chi connectivity index (χ4v) is 1.95. The maximum absolute atomic E-state index is 12.8. The maximum atomic E-state index is 12.8. The zero-order chi connectivity index (χ0) is 16.7. The second-order valence-corrected chi connectivity index (χ2v) is 5.12. The molecule has 1 aromatic rings. The predicted molar refractivity (Wildman–Crippen MR) is 85.5 cm³/mol. The number of carbonyl (C=O) groups excluding carboxylic acids is 2. The lowest BCUT2D eigenvalue weighted by molar-refractivity contribution is -0.105. The van der Waals surface area contributed by atoms with Crippen LogP contribution >= 0.6 is 0 Å². The lowest BCUT2D eigenvalue weighted by atomic mass is 10.0. The summed E-state index contributed by atoms with van der Waals surface area (Å²) in [6, 6.07) is 0. The summed E-state index contributed by atoms with van der Waals surface area (Å²) >= 11 is 0. The van der Waals surface area contributed by atoms with Crippen molar-refractivity contribution in [2.45, 2.75) is 33.1 Å². The van der Waals surface area contributed by atoms with Crippen LogP contribution in [0.1, 0.15) is 48.5 Å². The van der Waals surface area contributed by atoms with Crippen molar-refractivity contribution in [2.75, 3.05) is 7.05 Å². The Kier molecular flexibility index (Phi) is 6.50. The van der Waals surface area contributed by atoms with Crippen LogP contribution < -0.4 is 0 Å². The Labute approximate surface area is 131 Å². The summed E-state index contributed by atoms with van der Waals surface area (Å²) in [5, 5.41) is 3.96. The van der Waals surface area contributed by atoms with Crippen LogP contribution in [0.2, 0.25) is 0 Å². The largest absolute Gasteiger partial charge is 0.360 e. The van der Waals surface area contributed by atoms with Crippen LogP contribution in [0, 0.1) is 0 Å². The van der Waals surface area contributed by atoms with Crippen molar-refractivity contribution in [3.8, 4) is 0 Å². The minimum Gasteiger partial charge on any atom is -0.360 e. The van der Waals surface area contributed by atoms with Crippen LogP contribution in [0.5, 0.6) is 0 Å². The molecular weight excluding hydrogens is 280 g/mol. The molecule has 1 heterocycles. The first-order chi connectivity index (χ1) is 10.5. The van der Waals surface area contributed by atoms with E-state index >= 15 is 0 Å². The minimum atomic E-state index is -0.315. The van der Waals surface area contributed by atoms with Crippen molar-refractivity contribution >= 4 is 12.2 Å². The molecule has 0 aromatic carbocycles. The molecule has 0 N–H and O–H groups in total. The number of amides is 1. The average Bonchev–Trinajstić information content (AvgIpc) is 2.91. The number of allylic oxidation sites excluding steroid dienone is 5. The summed E-state index contributed by atoms with van der Waals surface area (Å²) in [6.07, 6.45) is 7.81. The van der Waals surface area contributed by atoms with Gasteiger partial charge >= 0.3 is 0 Å². The minimum absolute atomic E-state index is 0.0117. The van der Waals surface area contributed by atoms with Crippen LogP contribution in [-0.4, -0.2) is 29.3 Å². The summed E-state index contributed by atoms with van der Waals surface area (Å²) < 4.78 is 5.31. The third-order valence-corrected chi connectivity index (χ3v) is 3.14. The highest BCUT2D eigenvalue weighted by molar-refractivity contribution is 5.99. The van der Waals surface area contributed by atoms with Gasteiger partial charge in [-0.1, -0.05) is 37.2 Å². The van der Waals surface area contributed by atoms with Crippen LogP contribution in [0.3, 0.4) is 0 Å². The smallest absolute Gasteiger partial charge is 0.263 e. The molecule has 0 radical (unpaired) electrons. The number of aldehydes is 1. The topological polar surface area (TPSA) is 63.4 Å². The lowest BCUT2D eigenvalue weighted by Gasteiger charge is -2.17. The molecule has 22 heavy (non-hydrogen) atoms. The Morgan fingerprint density at radius 2 is 2.14 bits per heavy atom. The van der Waals surface area contributed by atoms with Crippen molar-refractivity contribution in [3.63, 3.8) is 0 Å². The SMILES string of the molecule is C=CCc1noc(C(C)C)c1C(=O)N(C)/C(C=O)=C\C=C/C. The van der Waals surface area contributed by atoms with Gasteiger partial charge in [-0.15, -0.1) is 6.58 Å². The van der Waals surface area contributed by atoms with Gasteiger partial charge in [-0.05, 0) is 13.0 Å². The van der Waals surface area contributed by atoms with Crippen LogP contribution in [0.15, 0.2) is 41.1 Å². The molecule has 1 amide bonds. The van der Waals surface area contributed by atoms with Gasteiger partial charge in [0.25, 0.3) is 5.91 Å². The summed E-state index contributed by atoms with van der Waals surface area (Å²) in [4.78, 5) is 25.3. The van der Waals surface area contributed by atoms with Gasteiger partial charge in [0.2, 0.25) is 0 Å². The van der Waals surface area contributed by atoms with Crippen molar-refractivity contribution < 1.29 is 14.1 Å². The number of hydrogen-bond acceptors (Lipinski definition) is 4. The molecular formula is C17H22N2O3. The van der Waals surface area contributed by atoms with Crippen molar-refractivity contribution in [2.24, 2.45) is 0 Å². The van der Waals surface area contributed by atoms with Crippen LogP contribution in [-0.2, 0) is 11.2 Å². The fraction of sp³-hybridized carbons (Fsp3) is 0.353. The van der Waals surface area contributed by atoms with Gasteiger partial charge in [0.05, 0.1) is 5.70 Å². The van der Waals surface area contributed by atoms with Gasteiger partial charge in [0, 0.05) is 19.4 Å². The van der Waals surface area contributed by atoms with E-state index in [1.165, 1.54) is 4.90 Å². The van der Waals surface area contributed by atoms with E-state index in [9.17, 15) is 9.59 Å². The van der Waals surface area contributed by atoms with Crippen LogP contribution in [0.25, 0.3) is 0 Å². The molecule has 0 aliphatic rings. The normalized spacial score (nSPS) is 12.0. The van der Waals surface area contributed by atoms with Crippen molar-refractivity contribution in [3.05, 3.63) is 53.6 Å². The lowest BCUT2D eigenvalue weighted by Crippen LogP contribution is -2.28. The highest BCUT2D eigenvalue weighted by atomic mass is 16.5. The van der Waals surface area contributed by atoms with Gasteiger partial charge in [-0.25, -0.2) is 0 Å². The van der Waals surface area contributed by atoms with Gasteiger partial charge in [0.15, 0.2) is 12.0 Å². The fourth-order valence-electron chi connectivity index (χ4n) is 1.95. The second-order valence-electron chi connectivity index (χ2n) is 5.12. The van der Waals surface area contributed by atoms with E-state index in [0.29, 0.717) is 29.7 Å². The molecule has 0 saturated heterocycles. The molecule has 0 spiro atoms. The molecule has 118 valence electrons. The molecule has 0 fully saturated rings. The highest BCUT2D eigenvalue weighted by Crippen LogP contribution is 2.25. The molecule has 1 aromatic heterocycles. The van der Waals surface area contributed by atoms with E-state index in [2.05, 4.69) is 11.7 Å². The van der Waals surface area contributed by atoms with E-state index in [0.717, 1.165) is 0 Å². The predicted octanol–water partition coefficient (Wildman–Crippen LogP) is 3.26. The van der Waals surface area contributed by atoms with Gasteiger partial charge in [-0.3, -0.25) is 9.59 Å². The number of rotatable bonds is 7. The van der Waals surface area contributed by atoms with E-state index in [4.69, 9.17) is 4.52 Å². The maximum Gasteiger partial charge on any atom is 0.263 e. The van der Waals surface area contributed by atoms with Gasteiger partial charge in [0.1, 0.15) is 11.3 Å². The molecule has 1 rings (SSSR count). The molecule has 5 nitrogen and oxygen atoms in total. The van der Waals surface area contributed by atoms with Gasteiger partial charge in [-0.2, -0.15) is 0 Å². The third kappa shape index (κ3) is 3.81. The molecule has 0 saturated carbocycles. The number of hydrogen-bond donors (Lipinski definition) is 0. The Morgan fingerprint density at radius 3 is 2.64 bits per heavy atom. The molecule has 0 atom stereocenters. The Hall–Kier alpha value is -2.43. The first-order valence-electron chi connectivity index (χ1n) is 7.13. The van der Waals surface area contributed by atoms with Crippen molar-refractivity contribution in [1.29, 1.82) is 0 Å². The third-order valence-electron chi connectivity index (χ3n) is 3.14. The standard InChI is InChI=1S/C17H22N2O3/c1-6-8-10-13(11-20)19(5)17(21)15-14(9-7-2)18-22-16(15)12(3)4/h6-8,10-12H,2,9H2,1,3-5H3/b8-6-,13-10-. The number of carbonyl (C=O) groups is 2. The summed E-state index contributed by atoms with van der Waals surface area (Å²) in [6.45, 7) is 9.34. The highest BCUT2D eigenvalue weighted by Gasteiger charge is 2.27. The summed E-state index contributed by atoms with van der Waals surface area (Å²) in [7, 11) is 1.56. The molecule has 0 aliphatic carbocycles. The summed E-state index contributed by atoms with van der Waals surface area (Å²) in [5.41, 5.74) is 1.21. The molecule has 0 unspecified atom stereocenters. The first-order valence-corrected chi connectivity index (χ1v) is 7.13. The quantitative estimate of drug-likeness (QED) is 0.336. The number of nitrogens with zero attached hydrogens (tertiary/aromatic N) is 2. The van der Waals surface area contributed by atoms with Crippen molar-refractivity contribution in [1.82, 2.24) is 10.1 Å². The average molecular weight is 302 g/mol. The van der Waals surface area contributed by atoms with E-state index in [-0.39, 0.29) is 17.5 Å². The second kappa shape index (κ2) is 8.12. The Bertz CT molecular complexity index is 609. The van der Waals surface area contributed by atoms with E-state index in [1.54, 1.807) is 31.4 Å². The van der Waals surface area contributed by atoms with Gasteiger partial charge < -0.3 is 9.42 Å². The molecule has 0 bridgehead atoms. The Morgan fingerprint density at radius 1 is 1.45 bits per heavy atom. The van der Waals surface area contributed by atoms with Crippen LogP contribution in [0.4, 0.5) is 0 Å². The monoisotopic (exact) mass is 302 g/mol. The number of likely N-dealkylation sites (N-methyl/N-ethyl adjacent to an activating group) is 1. The van der Waals surface area contributed by atoms with E-state index in [1.807, 2.05) is 20.8 Å². The summed E-state index contributed by atoms with van der Waals surface area (Å²) in [5.74, 6) is 0.215. The zero-order valence-corrected chi connectivity index (χ0v) is 13.5. The zero-order valence-electron chi connectivity index (χ0n) is 13.5. The molecule has 5 heteroatoms. The molecule has 0 aliphatic heterocycles. The number of aromatic nitrogens is 1. The van der Waals surface area contributed by atoms with E-state index < -0.39 is 0 Å².